The van der Waals surface area contributed by atoms with Gasteiger partial charge in [-0.3, -0.25) is 4.79 Å². The van der Waals surface area contributed by atoms with E-state index in [1.165, 1.54) is 0 Å². The first-order chi connectivity index (χ1) is 8.52. The highest BCUT2D eigenvalue weighted by atomic mass is 16.1. The van der Waals surface area contributed by atoms with Gasteiger partial charge in [0.2, 0.25) is 5.91 Å². The van der Waals surface area contributed by atoms with E-state index in [0.29, 0.717) is 29.9 Å². The van der Waals surface area contributed by atoms with Crippen LogP contribution in [-0.4, -0.2) is 18.5 Å². The lowest BCUT2D eigenvalue weighted by Gasteiger charge is -2.11. The molecule has 0 aliphatic heterocycles. The van der Waals surface area contributed by atoms with Crippen LogP contribution in [0.1, 0.15) is 25.8 Å². The third-order valence-corrected chi connectivity index (χ3v) is 2.30. The monoisotopic (exact) mass is 246 g/mol. The molecule has 1 aromatic carbocycles. The second kappa shape index (κ2) is 6.50. The number of nitrogens with zero attached hydrogens (tertiary/aromatic N) is 1. The fraction of sp³-hybridized carbons (Fsp3) is 0.385. The lowest BCUT2D eigenvalue weighted by molar-refractivity contribution is -0.121. The van der Waals surface area contributed by atoms with E-state index in [9.17, 15) is 4.79 Å². The summed E-state index contributed by atoms with van der Waals surface area (Å²) in [5.74, 6) is -0.00694. The molecule has 0 atom stereocenters. The molecular formula is C13H18N4O. The Hall–Kier alpha value is -2.22. The molecule has 0 unspecified atom stereocenters. The Morgan fingerprint density at radius 2 is 2.22 bits per heavy atom. The maximum Gasteiger partial charge on any atom is 0.221 e. The predicted molar refractivity (Wildman–Crippen MR) is 72.0 cm³/mol. The summed E-state index contributed by atoms with van der Waals surface area (Å²) in [6, 6.07) is 7.20. The molecule has 0 aliphatic rings. The molecule has 4 N–H and O–H groups in total. The zero-order chi connectivity index (χ0) is 13.5. The van der Waals surface area contributed by atoms with Crippen molar-refractivity contribution < 1.29 is 4.79 Å². The van der Waals surface area contributed by atoms with Crippen molar-refractivity contribution in [1.82, 2.24) is 5.32 Å². The van der Waals surface area contributed by atoms with Crippen molar-refractivity contribution in [2.24, 2.45) is 0 Å². The number of amides is 1. The molecule has 96 valence electrons. The van der Waals surface area contributed by atoms with Crippen molar-refractivity contribution in [2.45, 2.75) is 26.3 Å². The third kappa shape index (κ3) is 4.34. The summed E-state index contributed by atoms with van der Waals surface area (Å²) in [5, 5.41) is 14.6. The van der Waals surface area contributed by atoms with E-state index >= 15 is 0 Å². The SMILES string of the molecule is CC(C)NC(=O)CCNc1cc(C#N)ccc1N. The summed E-state index contributed by atoms with van der Waals surface area (Å²) in [6.45, 7) is 4.32. The average molecular weight is 246 g/mol. The van der Waals surface area contributed by atoms with E-state index in [1.54, 1.807) is 18.2 Å². The number of anilines is 2. The fourth-order valence-corrected chi connectivity index (χ4v) is 1.48. The molecule has 0 aromatic heterocycles. The van der Waals surface area contributed by atoms with Gasteiger partial charge in [-0.05, 0) is 32.0 Å². The van der Waals surface area contributed by atoms with Crippen molar-refractivity contribution in [2.75, 3.05) is 17.6 Å². The number of nitrogens with one attached hydrogen (secondary N) is 2. The molecule has 5 nitrogen and oxygen atoms in total. The van der Waals surface area contributed by atoms with E-state index in [0.717, 1.165) is 0 Å². The van der Waals surface area contributed by atoms with Gasteiger partial charge in [0.15, 0.2) is 0 Å². The Balaban J connectivity index is 2.49. The van der Waals surface area contributed by atoms with Gasteiger partial charge in [-0.15, -0.1) is 0 Å². The van der Waals surface area contributed by atoms with Crippen LogP contribution >= 0.6 is 0 Å². The standard InChI is InChI=1S/C13H18N4O/c1-9(2)17-13(18)5-6-16-12-7-10(8-14)3-4-11(12)15/h3-4,7,9,16H,5-6,15H2,1-2H3,(H,17,18). The number of nitriles is 1. The number of hydrogen-bond donors (Lipinski definition) is 3. The van der Waals surface area contributed by atoms with Gasteiger partial charge in [0, 0.05) is 19.0 Å². The van der Waals surface area contributed by atoms with Gasteiger partial charge in [0.05, 0.1) is 23.0 Å². The zero-order valence-corrected chi connectivity index (χ0v) is 10.7. The molecule has 0 saturated heterocycles. The van der Waals surface area contributed by atoms with Gasteiger partial charge in [0.25, 0.3) is 0 Å². The molecule has 0 spiro atoms. The first kappa shape index (κ1) is 13.8. The number of carbonyl (C=O) groups is 1. The van der Waals surface area contributed by atoms with Gasteiger partial charge in [-0.1, -0.05) is 0 Å². The van der Waals surface area contributed by atoms with Crippen LogP contribution in [-0.2, 0) is 4.79 Å². The van der Waals surface area contributed by atoms with Crippen LogP contribution in [0.25, 0.3) is 0 Å². The quantitative estimate of drug-likeness (QED) is 0.686. The summed E-state index contributed by atoms with van der Waals surface area (Å²) in [7, 11) is 0. The topological polar surface area (TPSA) is 90.9 Å². The van der Waals surface area contributed by atoms with Crippen molar-refractivity contribution in [3.05, 3.63) is 23.8 Å². The van der Waals surface area contributed by atoms with Crippen LogP contribution in [0, 0.1) is 11.3 Å². The largest absolute Gasteiger partial charge is 0.397 e. The molecule has 0 radical (unpaired) electrons. The lowest BCUT2D eigenvalue weighted by atomic mass is 10.2. The Bertz CT molecular complexity index is 463. The Kier molecular flexibility index (Phi) is 5.00. The third-order valence-electron chi connectivity index (χ3n) is 2.30. The maximum atomic E-state index is 11.4. The summed E-state index contributed by atoms with van der Waals surface area (Å²) >= 11 is 0. The number of rotatable bonds is 5. The molecule has 18 heavy (non-hydrogen) atoms. The van der Waals surface area contributed by atoms with E-state index in [1.807, 2.05) is 19.9 Å². The van der Waals surface area contributed by atoms with Crippen LogP contribution in [0.15, 0.2) is 18.2 Å². The highest BCUT2D eigenvalue weighted by Gasteiger charge is 2.04. The van der Waals surface area contributed by atoms with Gasteiger partial charge in [-0.25, -0.2) is 0 Å². The summed E-state index contributed by atoms with van der Waals surface area (Å²) in [6.07, 6.45) is 0.369. The molecule has 0 aliphatic carbocycles. The van der Waals surface area contributed by atoms with Crippen molar-refractivity contribution in [3.63, 3.8) is 0 Å². The van der Waals surface area contributed by atoms with Crippen molar-refractivity contribution >= 4 is 17.3 Å². The number of nitrogens with two attached hydrogens (primary N) is 1. The molecule has 0 heterocycles. The molecule has 1 rings (SSSR count). The zero-order valence-electron chi connectivity index (χ0n) is 10.7. The van der Waals surface area contributed by atoms with Crippen molar-refractivity contribution in [1.29, 1.82) is 5.26 Å². The summed E-state index contributed by atoms with van der Waals surface area (Å²) in [4.78, 5) is 11.4. The average Bonchev–Trinajstić information content (AvgIpc) is 2.30. The van der Waals surface area contributed by atoms with Gasteiger partial charge in [0.1, 0.15) is 0 Å². The Labute approximate surface area is 107 Å². The molecule has 1 amide bonds. The highest BCUT2D eigenvalue weighted by molar-refractivity contribution is 5.77. The summed E-state index contributed by atoms with van der Waals surface area (Å²) < 4.78 is 0. The van der Waals surface area contributed by atoms with E-state index in [2.05, 4.69) is 10.6 Å². The molecular weight excluding hydrogens is 228 g/mol. The molecule has 5 heteroatoms. The minimum atomic E-state index is -0.00694. The Morgan fingerprint density at radius 3 is 2.83 bits per heavy atom. The van der Waals surface area contributed by atoms with E-state index < -0.39 is 0 Å². The fourth-order valence-electron chi connectivity index (χ4n) is 1.48. The normalized spacial score (nSPS) is 9.89. The number of hydrogen-bond acceptors (Lipinski definition) is 4. The molecule has 0 fully saturated rings. The predicted octanol–water partition coefficient (Wildman–Crippen LogP) is 1.47. The van der Waals surface area contributed by atoms with Crippen LogP contribution < -0.4 is 16.4 Å². The molecule has 0 bridgehead atoms. The second-order valence-electron chi connectivity index (χ2n) is 4.31. The van der Waals surface area contributed by atoms with E-state index in [4.69, 9.17) is 11.0 Å². The number of benzene rings is 1. The molecule has 0 saturated carbocycles. The van der Waals surface area contributed by atoms with Crippen LogP contribution in [0.4, 0.5) is 11.4 Å². The lowest BCUT2D eigenvalue weighted by Crippen LogP contribution is -2.31. The number of carbonyl (C=O) groups excluding carboxylic acids is 1. The smallest absolute Gasteiger partial charge is 0.221 e. The van der Waals surface area contributed by atoms with Crippen molar-refractivity contribution in [3.8, 4) is 6.07 Å². The van der Waals surface area contributed by atoms with Gasteiger partial charge >= 0.3 is 0 Å². The highest BCUT2D eigenvalue weighted by Crippen LogP contribution is 2.19. The van der Waals surface area contributed by atoms with Crippen LogP contribution in [0.2, 0.25) is 0 Å². The van der Waals surface area contributed by atoms with Gasteiger partial charge < -0.3 is 16.4 Å². The minimum Gasteiger partial charge on any atom is -0.397 e. The maximum absolute atomic E-state index is 11.4. The van der Waals surface area contributed by atoms with E-state index in [-0.39, 0.29) is 11.9 Å². The minimum absolute atomic E-state index is 0.00694. The first-order valence-electron chi connectivity index (χ1n) is 5.85. The van der Waals surface area contributed by atoms with Gasteiger partial charge in [-0.2, -0.15) is 5.26 Å². The number of nitrogen functional groups attached to an aromatic ring is 1. The van der Waals surface area contributed by atoms with Crippen LogP contribution in [0.5, 0.6) is 0 Å². The second-order valence-corrected chi connectivity index (χ2v) is 4.31. The van der Waals surface area contributed by atoms with Crippen LogP contribution in [0.3, 0.4) is 0 Å². The Morgan fingerprint density at radius 1 is 1.50 bits per heavy atom. The molecule has 1 aromatic rings. The first-order valence-corrected chi connectivity index (χ1v) is 5.85. The summed E-state index contributed by atoms with van der Waals surface area (Å²) in [5.41, 5.74) is 7.56.